The van der Waals surface area contributed by atoms with Crippen molar-refractivity contribution < 1.29 is 4.74 Å². The average molecular weight is 527 g/mol. The van der Waals surface area contributed by atoms with Gasteiger partial charge >= 0.3 is 0 Å². The van der Waals surface area contributed by atoms with Gasteiger partial charge < -0.3 is 14.5 Å². The lowest BCUT2D eigenvalue weighted by Gasteiger charge is -2.33. The number of benzene rings is 1. The highest BCUT2D eigenvalue weighted by molar-refractivity contribution is 6.35. The minimum Gasteiger partial charge on any atom is -0.437 e. The molecule has 3 aromatic rings. The van der Waals surface area contributed by atoms with Crippen molar-refractivity contribution in [1.29, 1.82) is 0 Å². The molecule has 36 heavy (non-hydrogen) atoms. The number of aromatic nitrogens is 2. The number of ether oxygens (including phenoxy) is 1. The highest BCUT2D eigenvalue weighted by Gasteiger charge is 2.18. The molecule has 0 N–H and O–H groups in total. The van der Waals surface area contributed by atoms with Gasteiger partial charge in [0.1, 0.15) is 11.6 Å². The molecule has 2 fully saturated rings. The van der Waals surface area contributed by atoms with Crippen molar-refractivity contribution in [3.05, 3.63) is 64.3 Å². The topological polar surface area (TPSA) is 44.7 Å². The predicted octanol–water partition coefficient (Wildman–Crippen LogP) is 6.23. The van der Waals surface area contributed by atoms with Gasteiger partial charge in [-0.15, -0.1) is 0 Å². The van der Waals surface area contributed by atoms with Crippen LogP contribution in [0.4, 0.5) is 5.82 Å². The number of likely N-dealkylation sites (tertiary alicyclic amines) is 1. The van der Waals surface area contributed by atoms with Crippen molar-refractivity contribution in [2.45, 2.75) is 26.3 Å². The molecule has 8 heteroatoms. The molecule has 0 saturated carbocycles. The minimum absolute atomic E-state index is 0.540. The summed E-state index contributed by atoms with van der Waals surface area (Å²) in [6.07, 6.45) is 4.25. The van der Waals surface area contributed by atoms with Gasteiger partial charge in [0.15, 0.2) is 0 Å². The number of likely N-dealkylation sites (N-methyl/N-ethyl adjacent to an activating group) is 1. The van der Waals surface area contributed by atoms with Crippen LogP contribution in [0.15, 0.2) is 48.7 Å². The van der Waals surface area contributed by atoms with Gasteiger partial charge in [-0.2, -0.15) is 0 Å². The van der Waals surface area contributed by atoms with Gasteiger partial charge in [-0.3, -0.25) is 4.90 Å². The fourth-order valence-corrected chi connectivity index (χ4v) is 5.33. The van der Waals surface area contributed by atoms with E-state index in [1.807, 2.05) is 30.3 Å². The summed E-state index contributed by atoms with van der Waals surface area (Å²) in [7, 11) is 2.15. The molecule has 5 rings (SSSR count). The van der Waals surface area contributed by atoms with Gasteiger partial charge in [0.05, 0.1) is 11.9 Å². The molecule has 0 unspecified atom stereocenters. The molecule has 190 valence electrons. The Morgan fingerprint density at radius 1 is 0.917 bits per heavy atom. The number of nitrogens with zero attached hydrogens (tertiary/aromatic N) is 5. The lowest BCUT2D eigenvalue weighted by atomic mass is 9.99. The molecule has 0 spiro atoms. The van der Waals surface area contributed by atoms with Crippen LogP contribution < -0.4 is 9.64 Å². The first kappa shape index (κ1) is 25.3. The van der Waals surface area contributed by atoms with E-state index in [1.54, 1.807) is 12.3 Å². The van der Waals surface area contributed by atoms with E-state index in [2.05, 4.69) is 39.7 Å². The molecule has 4 heterocycles. The summed E-state index contributed by atoms with van der Waals surface area (Å²) in [4.78, 5) is 16.6. The zero-order chi connectivity index (χ0) is 25.1. The highest BCUT2D eigenvalue weighted by Crippen LogP contribution is 2.31. The molecule has 0 radical (unpaired) electrons. The first-order valence-electron chi connectivity index (χ1n) is 12.7. The van der Waals surface area contributed by atoms with Gasteiger partial charge in [-0.1, -0.05) is 30.1 Å². The summed E-state index contributed by atoms with van der Waals surface area (Å²) in [6.45, 7) is 9.45. The number of hydrogen-bond donors (Lipinski definition) is 0. The van der Waals surface area contributed by atoms with E-state index in [0.29, 0.717) is 21.7 Å². The van der Waals surface area contributed by atoms with Crippen molar-refractivity contribution in [1.82, 2.24) is 19.8 Å². The fourth-order valence-electron chi connectivity index (χ4n) is 4.81. The average Bonchev–Trinajstić information content (AvgIpc) is 2.86. The molecule has 2 saturated heterocycles. The van der Waals surface area contributed by atoms with Crippen LogP contribution in [-0.2, 0) is 6.54 Å². The number of piperidine rings is 1. The van der Waals surface area contributed by atoms with Gasteiger partial charge in [0, 0.05) is 54.4 Å². The maximum absolute atomic E-state index is 6.30. The van der Waals surface area contributed by atoms with Crippen LogP contribution in [0.1, 0.15) is 25.3 Å². The molecule has 1 aromatic carbocycles. The lowest BCUT2D eigenvalue weighted by molar-refractivity contribution is 0.185. The van der Waals surface area contributed by atoms with Gasteiger partial charge in [0.2, 0.25) is 5.88 Å². The van der Waals surface area contributed by atoms with E-state index in [9.17, 15) is 0 Å². The largest absolute Gasteiger partial charge is 0.437 e. The second-order valence-electron chi connectivity index (χ2n) is 10.1. The van der Waals surface area contributed by atoms with Crippen molar-refractivity contribution >= 4 is 29.0 Å². The van der Waals surface area contributed by atoms with Crippen LogP contribution in [0.5, 0.6) is 11.6 Å². The minimum atomic E-state index is 0.540. The van der Waals surface area contributed by atoms with Crippen molar-refractivity contribution in [2.75, 3.05) is 51.2 Å². The molecule has 2 aromatic heterocycles. The summed E-state index contributed by atoms with van der Waals surface area (Å²) >= 11 is 12.6. The monoisotopic (exact) mass is 525 g/mol. The molecular formula is C28H33Cl2N5O. The third-order valence-corrected chi connectivity index (χ3v) is 7.51. The Labute approximate surface area is 223 Å². The molecule has 6 nitrogen and oxygen atoms in total. The van der Waals surface area contributed by atoms with Gasteiger partial charge in [-0.25, -0.2) is 9.97 Å². The molecule has 2 aliphatic heterocycles. The van der Waals surface area contributed by atoms with Gasteiger partial charge in [0.25, 0.3) is 0 Å². The lowest BCUT2D eigenvalue weighted by Crippen LogP contribution is -2.44. The molecular weight excluding hydrogens is 493 g/mol. The number of piperazine rings is 1. The Hall–Kier alpha value is -2.38. The van der Waals surface area contributed by atoms with E-state index in [-0.39, 0.29) is 0 Å². The first-order chi connectivity index (χ1) is 17.4. The first-order valence-corrected chi connectivity index (χ1v) is 13.4. The zero-order valence-electron chi connectivity index (χ0n) is 21.0. The Morgan fingerprint density at radius 2 is 1.64 bits per heavy atom. The Morgan fingerprint density at radius 3 is 2.31 bits per heavy atom. The molecule has 2 aliphatic rings. The summed E-state index contributed by atoms with van der Waals surface area (Å²) in [5, 5.41) is 1.17. The standard InChI is InChI=1S/C28H33Cl2N5O/c1-20-5-7-34(8-6-20)19-21-13-26(22-15-23(29)17-24(30)16-22)32-28(14-21)36-25-3-4-27(31-18-25)35-11-9-33(2)10-12-35/h3-4,13-18,20H,5-12,19H2,1-2H3. The van der Waals surface area contributed by atoms with Gasteiger partial charge in [-0.05, 0) is 80.9 Å². The van der Waals surface area contributed by atoms with Crippen molar-refractivity contribution in [3.63, 3.8) is 0 Å². The van der Waals surface area contributed by atoms with Crippen molar-refractivity contribution in [2.24, 2.45) is 5.92 Å². The Bertz CT molecular complexity index is 1150. The number of halogens is 2. The van der Waals surface area contributed by atoms with E-state index >= 15 is 0 Å². The molecule has 0 amide bonds. The third kappa shape index (κ3) is 6.48. The van der Waals surface area contributed by atoms with Crippen LogP contribution in [-0.4, -0.2) is 66.1 Å². The quantitative estimate of drug-likeness (QED) is 0.380. The number of hydrogen-bond acceptors (Lipinski definition) is 6. The molecule has 0 bridgehead atoms. The van der Waals surface area contributed by atoms with E-state index in [1.165, 1.54) is 12.8 Å². The summed E-state index contributed by atoms with van der Waals surface area (Å²) < 4.78 is 6.22. The Balaban J connectivity index is 1.38. The zero-order valence-corrected chi connectivity index (χ0v) is 22.5. The van der Waals surface area contributed by atoms with E-state index < -0.39 is 0 Å². The van der Waals surface area contributed by atoms with Crippen LogP contribution in [0, 0.1) is 5.92 Å². The van der Waals surface area contributed by atoms with Crippen LogP contribution >= 0.6 is 23.2 Å². The summed E-state index contributed by atoms with van der Waals surface area (Å²) in [6, 6.07) is 13.6. The highest BCUT2D eigenvalue weighted by atomic mass is 35.5. The summed E-state index contributed by atoms with van der Waals surface area (Å²) in [5.74, 6) is 2.98. The maximum Gasteiger partial charge on any atom is 0.220 e. The molecule has 0 atom stereocenters. The maximum atomic E-state index is 6.30. The fraction of sp³-hybridized carbons (Fsp3) is 0.429. The predicted molar refractivity (Wildman–Crippen MR) is 147 cm³/mol. The smallest absolute Gasteiger partial charge is 0.220 e. The van der Waals surface area contributed by atoms with E-state index in [4.69, 9.17) is 32.9 Å². The number of anilines is 1. The van der Waals surface area contributed by atoms with Crippen molar-refractivity contribution in [3.8, 4) is 22.9 Å². The SMILES string of the molecule is CC1CCN(Cc2cc(Oc3ccc(N4CCN(C)CC4)nc3)nc(-c3cc(Cl)cc(Cl)c3)c2)CC1. The summed E-state index contributed by atoms with van der Waals surface area (Å²) in [5.41, 5.74) is 2.82. The number of rotatable bonds is 6. The third-order valence-electron chi connectivity index (χ3n) is 7.07. The normalized spacial score (nSPS) is 17.9. The van der Waals surface area contributed by atoms with E-state index in [0.717, 1.165) is 74.4 Å². The second-order valence-corrected chi connectivity index (χ2v) is 10.9. The Kier molecular flexibility index (Phi) is 7.96. The second kappa shape index (κ2) is 11.3. The van der Waals surface area contributed by atoms with Crippen LogP contribution in [0.3, 0.4) is 0 Å². The molecule has 0 aliphatic carbocycles. The van der Waals surface area contributed by atoms with Crippen LogP contribution in [0.2, 0.25) is 10.0 Å². The number of pyridine rings is 2. The van der Waals surface area contributed by atoms with Crippen LogP contribution in [0.25, 0.3) is 11.3 Å².